The van der Waals surface area contributed by atoms with Gasteiger partial charge in [0.15, 0.2) is 5.12 Å². The predicted octanol–water partition coefficient (Wildman–Crippen LogP) is 9.32. The molecule has 0 saturated heterocycles. The Morgan fingerprint density at radius 1 is 0.733 bits per heavy atom. The third-order valence-corrected chi connectivity index (χ3v) is 8.72. The first kappa shape index (κ1) is 28.8. The molecule has 45 heavy (non-hydrogen) atoms. The molecule has 0 atom stereocenters. The zero-order valence-corrected chi connectivity index (χ0v) is 25.9. The average molecular weight is 629 g/mol. The van der Waals surface area contributed by atoms with Crippen molar-refractivity contribution in [3.8, 4) is 33.8 Å². The quantitative estimate of drug-likeness (QED) is 0.144. The van der Waals surface area contributed by atoms with Crippen LogP contribution < -0.4 is 9.47 Å². The zero-order valence-electron chi connectivity index (χ0n) is 24.2. The third-order valence-electron chi connectivity index (χ3n) is 7.48. The number of furan rings is 1. The number of thiazole rings is 1. The van der Waals surface area contributed by atoms with Gasteiger partial charge in [-0.2, -0.15) is 0 Å². The maximum Gasteiger partial charge on any atom is 0.186 e. The number of thiol groups is 1. The molecule has 4 aromatic carbocycles. The number of hydrogen-bond donors (Lipinski definition) is 1. The Balaban J connectivity index is 1.08. The Hall–Kier alpha value is -4.92. The summed E-state index contributed by atoms with van der Waals surface area (Å²) in [6.45, 7) is 0.771. The minimum atomic E-state index is -0.181. The number of pyridine rings is 1. The Kier molecular flexibility index (Phi) is 8.31. The van der Waals surface area contributed by atoms with Crippen molar-refractivity contribution in [2.24, 2.45) is 0 Å². The van der Waals surface area contributed by atoms with E-state index in [1.54, 1.807) is 17.6 Å². The molecule has 3 aromatic heterocycles. The van der Waals surface area contributed by atoms with Crippen molar-refractivity contribution in [2.75, 3.05) is 0 Å². The van der Waals surface area contributed by atoms with Crippen molar-refractivity contribution in [3.05, 3.63) is 132 Å². The van der Waals surface area contributed by atoms with E-state index in [4.69, 9.17) is 18.9 Å². The molecule has 6 nitrogen and oxygen atoms in total. The van der Waals surface area contributed by atoms with E-state index in [2.05, 4.69) is 29.7 Å². The zero-order chi connectivity index (χ0) is 30.6. The van der Waals surface area contributed by atoms with Gasteiger partial charge in [0.25, 0.3) is 0 Å². The second kappa shape index (κ2) is 13.0. The maximum atomic E-state index is 11.7. The van der Waals surface area contributed by atoms with Gasteiger partial charge < -0.3 is 13.9 Å². The molecule has 222 valence electrons. The fourth-order valence-electron chi connectivity index (χ4n) is 5.25. The summed E-state index contributed by atoms with van der Waals surface area (Å²) < 4.78 is 19.3. The molecular weight excluding hydrogens is 601 g/mol. The summed E-state index contributed by atoms with van der Waals surface area (Å²) in [5.41, 5.74) is 6.61. The van der Waals surface area contributed by atoms with Crippen LogP contribution in [0.25, 0.3) is 43.4 Å². The lowest BCUT2D eigenvalue weighted by molar-refractivity contribution is -0.110. The molecular formula is C37H28N2O4S2. The van der Waals surface area contributed by atoms with Crippen LogP contribution in [0, 0.1) is 0 Å². The van der Waals surface area contributed by atoms with Crippen LogP contribution in [-0.4, -0.2) is 15.1 Å². The van der Waals surface area contributed by atoms with Crippen molar-refractivity contribution in [2.45, 2.75) is 26.1 Å². The lowest BCUT2D eigenvalue weighted by Gasteiger charge is -2.10. The number of rotatable bonds is 11. The van der Waals surface area contributed by atoms with Crippen LogP contribution in [0.2, 0.25) is 0 Å². The number of nitrogens with zero attached hydrogens (tertiary/aromatic N) is 2. The first-order valence-electron chi connectivity index (χ1n) is 14.6. The molecule has 7 aromatic rings. The fourth-order valence-corrected chi connectivity index (χ4v) is 6.24. The van der Waals surface area contributed by atoms with Gasteiger partial charge in [0.2, 0.25) is 0 Å². The normalized spacial score (nSPS) is 11.2. The molecule has 8 heteroatoms. The van der Waals surface area contributed by atoms with Gasteiger partial charge >= 0.3 is 0 Å². The summed E-state index contributed by atoms with van der Waals surface area (Å²) >= 11 is 5.60. The Morgan fingerprint density at radius 2 is 1.42 bits per heavy atom. The number of benzene rings is 4. The number of ether oxygens (including phenoxy) is 2. The van der Waals surface area contributed by atoms with Crippen molar-refractivity contribution in [1.82, 2.24) is 9.97 Å². The van der Waals surface area contributed by atoms with Gasteiger partial charge in [0.1, 0.15) is 35.5 Å². The lowest BCUT2D eigenvalue weighted by atomic mass is 9.95. The van der Waals surface area contributed by atoms with Crippen LogP contribution in [0.15, 0.2) is 120 Å². The van der Waals surface area contributed by atoms with Gasteiger partial charge in [0.05, 0.1) is 27.7 Å². The van der Waals surface area contributed by atoms with E-state index in [9.17, 15) is 4.79 Å². The SMILES string of the molecule is O=C(S)CCc1occ(-c2ccc(OCc3nc4ccccc4s3)cc2)c1-c1ccc(OCc2ccc3ccccc3n2)cc1. The molecule has 0 spiro atoms. The number of fused-ring (bicyclic) bond motifs is 2. The van der Waals surface area contributed by atoms with Crippen molar-refractivity contribution in [3.63, 3.8) is 0 Å². The van der Waals surface area contributed by atoms with Gasteiger partial charge in [-0.25, -0.2) is 9.97 Å². The first-order valence-corrected chi connectivity index (χ1v) is 15.8. The summed E-state index contributed by atoms with van der Waals surface area (Å²) in [6.07, 6.45) is 2.48. The lowest BCUT2D eigenvalue weighted by Crippen LogP contribution is -1.98. The minimum absolute atomic E-state index is 0.181. The number of aryl methyl sites for hydroxylation is 1. The number of carbonyl (C=O) groups is 1. The van der Waals surface area contributed by atoms with Crippen molar-refractivity contribution < 1.29 is 18.7 Å². The number of aromatic nitrogens is 2. The smallest absolute Gasteiger partial charge is 0.186 e. The third kappa shape index (κ3) is 6.62. The molecule has 0 bridgehead atoms. The molecule has 0 fully saturated rings. The second-order valence-corrected chi connectivity index (χ2v) is 12.2. The van der Waals surface area contributed by atoms with E-state index in [-0.39, 0.29) is 11.5 Å². The van der Waals surface area contributed by atoms with E-state index in [1.165, 1.54) is 0 Å². The van der Waals surface area contributed by atoms with Crippen LogP contribution in [0.1, 0.15) is 22.9 Å². The summed E-state index contributed by atoms with van der Waals surface area (Å²) in [5, 5.41) is 1.85. The Morgan fingerprint density at radius 3 is 2.18 bits per heavy atom. The molecule has 0 unspecified atom stereocenters. The molecule has 0 aliphatic rings. The Bertz CT molecular complexity index is 2070. The molecule has 0 amide bonds. The van der Waals surface area contributed by atoms with Crippen LogP contribution >= 0.6 is 24.0 Å². The molecule has 0 aliphatic heterocycles. The minimum Gasteiger partial charge on any atom is -0.487 e. The summed E-state index contributed by atoms with van der Waals surface area (Å²) in [4.78, 5) is 21.0. The molecule has 7 rings (SSSR count). The van der Waals surface area contributed by atoms with E-state index < -0.39 is 0 Å². The van der Waals surface area contributed by atoms with Gasteiger partial charge in [-0.3, -0.25) is 4.79 Å². The van der Waals surface area contributed by atoms with E-state index in [1.807, 2.05) is 97.1 Å². The van der Waals surface area contributed by atoms with E-state index in [0.717, 1.165) is 71.3 Å². The highest BCUT2D eigenvalue weighted by Crippen LogP contribution is 2.39. The molecule has 0 radical (unpaired) electrons. The van der Waals surface area contributed by atoms with Gasteiger partial charge in [0, 0.05) is 29.4 Å². The highest BCUT2D eigenvalue weighted by molar-refractivity contribution is 7.96. The predicted molar refractivity (Wildman–Crippen MR) is 182 cm³/mol. The second-order valence-electron chi connectivity index (χ2n) is 10.5. The van der Waals surface area contributed by atoms with Crippen molar-refractivity contribution in [1.29, 1.82) is 0 Å². The van der Waals surface area contributed by atoms with Gasteiger partial charge in [-0.15, -0.1) is 24.0 Å². The van der Waals surface area contributed by atoms with Crippen molar-refractivity contribution >= 4 is 50.2 Å². The fraction of sp³-hybridized carbons (Fsp3) is 0.108. The highest BCUT2D eigenvalue weighted by Gasteiger charge is 2.18. The van der Waals surface area contributed by atoms with Crippen LogP contribution in [0.3, 0.4) is 0 Å². The standard InChI is InChI=1S/C37H28N2O4S2/c40-36(44)20-19-33-37(26-12-17-28(18-13-26)41-21-27-14-9-25-5-1-2-6-31(25)38-27)30(22-43-33)24-10-15-29(16-11-24)42-23-35-39-32-7-3-4-8-34(32)45-35/h1-18,22H,19-21,23H2,(H,40,44). The first-order chi connectivity index (χ1) is 22.1. The number of hydrogen-bond acceptors (Lipinski definition) is 7. The van der Waals surface area contributed by atoms with Gasteiger partial charge in [-0.05, 0) is 59.7 Å². The summed E-state index contributed by atoms with van der Waals surface area (Å²) in [6, 6.07) is 36.0. The number of carbonyl (C=O) groups excluding carboxylic acids is 1. The van der Waals surface area contributed by atoms with Gasteiger partial charge in [-0.1, -0.05) is 60.7 Å². The van der Waals surface area contributed by atoms with Crippen LogP contribution in [0.4, 0.5) is 0 Å². The molecule has 3 heterocycles. The van der Waals surface area contributed by atoms with Crippen LogP contribution in [0.5, 0.6) is 11.5 Å². The number of para-hydroxylation sites is 2. The Labute approximate surface area is 269 Å². The molecule has 0 aliphatic carbocycles. The maximum absolute atomic E-state index is 11.7. The largest absolute Gasteiger partial charge is 0.487 e. The molecule has 0 N–H and O–H groups in total. The topological polar surface area (TPSA) is 74.5 Å². The highest BCUT2D eigenvalue weighted by atomic mass is 32.1. The van der Waals surface area contributed by atoms with Crippen LogP contribution in [-0.2, 0) is 24.4 Å². The average Bonchev–Trinajstić information content (AvgIpc) is 3.70. The monoisotopic (exact) mass is 628 g/mol. The summed E-state index contributed by atoms with van der Waals surface area (Å²) in [5.74, 6) is 2.23. The molecule has 0 saturated carbocycles. The van der Waals surface area contributed by atoms with E-state index in [0.29, 0.717) is 19.6 Å². The summed E-state index contributed by atoms with van der Waals surface area (Å²) in [7, 11) is 0. The van der Waals surface area contributed by atoms with E-state index >= 15 is 0 Å².